The Kier molecular flexibility index (Phi) is 3.06. The van der Waals surface area contributed by atoms with Gasteiger partial charge in [0.25, 0.3) is 0 Å². The van der Waals surface area contributed by atoms with E-state index in [1.807, 2.05) is 43.6 Å². The zero-order valence-electron chi connectivity index (χ0n) is 8.35. The molecular weight excluding hydrogens is 256 g/mol. The van der Waals surface area contributed by atoms with Gasteiger partial charge in [0.05, 0.1) is 5.69 Å². The van der Waals surface area contributed by atoms with Crippen LogP contribution >= 0.6 is 15.9 Å². The molecule has 0 atom stereocenters. The molecule has 1 aromatic heterocycles. The van der Waals surface area contributed by atoms with Crippen LogP contribution in [0.3, 0.4) is 0 Å². The number of halogens is 1. The Labute approximate surface area is 96.8 Å². The molecule has 0 saturated carbocycles. The van der Waals surface area contributed by atoms with Crippen molar-refractivity contribution in [1.82, 2.24) is 9.78 Å². The van der Waals surface area contributed by atoms with E-state index in [-0.39, 0.29) is 0 Å². The van der Waals surface area contributed by atoms with Crippen LogP contribution < -0.4 is 4.74 Å². The number of rotatable bonds is 3. The molecule has 0 aliphatic carbocycles. The van der Waals surface area contributed by atoms with E-state index in [1.54, 1.807) is 4.68 Å². The molecule has 0 spiro atoms. The van der Waals surface area contributed by atoms with E-state index in [0.29, 0.717) is 6.61 Å². The van der Waals surface area contributed by atoms with Crippen molar-refractivity contribution in [2.75, 3.05) is 0 Å². The predicted octanol–water partition coefficient (Wildman–Crippen LogP) is 2.76. The van der Waals surface area contributed by atoms with Crippen molar-refractivity contribution in [3.63, 3.8) is 0 Å². The van der Waals surface area contributed by atoms with E-state index < -0.39 is 0 Å². The van der Waals surface area contributed by atoms with Gasteiger partial charge < -0.3 is 4.74 Å². The summed E-state index contributed by atoms with van der Waals surface area (Å²) in [6.45, 7) is 0.497. The monoisotopic (exact) mass is 266 g/mol. The van der Waals surface area contributed by atoms with Crippen molar-refractivity contribution in [3.05, 3.63) is 46.7 Å². The zero-order valence-corrected chi connectivity index (χ0v) is 9.94. The molecule has 0 saturated heterocycles. The third-order valence-electron chi connectivity index (χ3n) is 1.95. The molecule has 3 nitrogen and oxygen atoms in total. The topological polar surface area (TPSA) is 27.1 Å². The van der Waals surface area contributed by atoms with Crippen LogP contribution in [0.5, 0.6) is 5.75 Å². The molecule has 0 radical (unpaired) electrons. The first kappa shape index (κ1) is 10.2. The highest BCUT2D eigenvalue weighted by molar-refractivity contribution is 9.10. The second-order valence-corrected chi connectivity index (χ2v) is 4.14. The van der Waals surface area contributed by atoms with Crippen molar-refractivity contribution in [1.29, 1.82) is 0 Å². The fourth-order valence-corrected chi connectivity index (χ4v) is 1.63. The minimum absolute atomic E-state index is 0.497. The minimum Gasteiger partial charge on any atom is -0.487 e. The largest absolute Gasteiger partial charge is 0.487 e. The molecule has 0 N–H and O–H groups in total. The van der Waals surface area contributed by atoms with Gasteiger partial charge in [-0.1, -0.05) is 22.0 Å². The van der Waals surface area contributed by atoms with Gasteiger partial charge in [-0.05, 0) is 24.3 Å². The first-order chi connectivity index (χ1) is 7.24. The molecular formula is C11H11BrN2O. The molecule has 15 heavy (non-hydrogen) atoms. The summed E-state index contributed by atoms with van der Waals surface area (Å²) in [4.78, 5) is 0. The van der Waals surface area contributed by atoms with Crippen molar-refractivity contribution >= 4 is 15.9 Å². The quantitative estimate of drug-likeness (QED) is 0.855. The van der Waals surface area contributed by atoms with Crippen LogP contribution in [-0.4, -0.2) is 9.78 Å². The first-order valence-electron chi connectivity index (χ1n) is 4.61. The predicted molar refractivity (Wildman–Crippen MR) is 61.7 cm³/mol. The van der Waals surface area contributed by atoms with Crippen LogP contribution in [0.25, 0.3) is 0 Å². The van der Waals surface area contributed by atoms with Crippen LogP contribution in [-0.2, 0) is 13.7 Å². The van der Waals surface area contributed by atoms with Gasteiger partial charge in [0, 0.05) is 17.7 Å². The van der Waals surface area contributed by atoms with Gasteiger partial charge in [-0.2, -0.15) is 5.10 Å². The average Bonchev–Trinajstić information content (AvgIpc) is 2.62. The molecule has 0 aliphatic heterocycles. The van der Waals surface area contributed by atoms with Crippen molar-refractivity contribution in [2.24, 2.45) is 7.05 Å². The number of hydrogen-bond donors (Lipinski definition) is 0. The molecule has 2 rings (SSSR count). The van der Waals surface area contributed by atoms with Crippen molar-refractivity contribution in [3.8, 4) is 5.75 Å². The molecule has 1 heterocycles. The highest BCUT2D eigenvalue weighted by Gasteiger charge is 1.98. The number of hydrogen-bond acceptors (Lipinski definition) is 2. The Hall–Kier alpha value is -1.29. The van der Waals surface area contributed by atoms with Gasteiger partial charge in [-0.3, -0.25) is 4.68 Å². The van der Waals surface area contributed by atoms with E-state index >= 15 is 0 Å². The van der Waals surface area contributed by atoms with Crippen LogP contribution in [0.4, 0.5) is 0 Å². The lowest BCUT2D eigenvalue weighted by molar-refractivity contribution is 0.300. The third-order valence-corrected chi connectivity index (χ3v) is 2.44. The summed E-state index contributed by atoms with van der Waals surface area (Å²) < 4.78 is 8.36. The SMILES string of the molecule is Cn1ccc(COc2cccc(Br)c2)n1. The van der Waals surface area contributed by atoms with Crippen LogP contribution in [0.1, 0.15) is 5.69 Å². The van der Waals surface area contributed by atoms with E-state index in [2.05, 4.69) is 21.0 Å². The normalized spacial score (nSPS) is 10.3. The van der Waals surface area contributed by atoms with Crippen LogP contribution in [0.2, 0.25) is 0 Å². The highest BCUT2D eigenvalue weighted by Crippen LogP contribution is 2.18. The second kappa shape index (κ2) is 4.49. The maximum absolute atomic E-state index is 5.58. The highest BCUT2D eigenvalue weighted by atomic mass is 79.9. The van der Waals surface area contributed by atoms with Crippen LogP contribution in [0, 0.1) is 0 Å². The lowest BCUT2D eigenvalue weighted by Crippen LogP contribution is -1.97. The number of nitrogens with zero attached hydrogens (tertiary/aromatic N) is 2. The second-order valence-electron chi connectivity index (χ2n) is 3.23. The van der Waals surface area contributed by atoms with Crippen molar-refractivity contribution < 1.29 is 4.74 Å². The Morgan fingerprint density at radius 3 is 2.93 bits per heavy atom. The number of benzene rings is 1. The molecule has 0 unspecified atom stereocenters. The van der Waals surface area contributed by atoms with Crippen molar-refractivity contribution in [2.45, 2.75) is 6.61 Å². The van der Waals surface area contributed by atoms with Gasteiger partial charge in [-0.25, -0.2) is 0 Å². The molecule has 78 valence electrons. The standard InChI is InChI=1S/C11H11BrN2O/c1-14-6-5-10(13-14)8-15-11-4-2-3-9(12)7-11/h2-7H,8H2,1H3. The fourth-order valence-electron chi connectivity index (χ4n) is 1.25. The average molecular weight is 267 g/mol. The Balaban J connectivity index is 1.99. The van der Waals surface area contributed by atoms with E-state index in [9.17, 15) is 0 Å². The maximum Gasteiger partial charge on any atom is 0.132 e. The van der Waals surface area contributed by atoms with Gasteiger partial charge in [0.1, 0.15) is 12.4 Å². The lowest BCUT2D eigenvalue weighted by atomic mass is 10.3. The number of ether oxygens (including phenoxy) is 1. The number of aromatic nitrogens is 2. The molecule has 0 fully saturated rings. The molecule has 0 amide bonds. The van der Waals surface area contributed by atoms with Crippen LogP contribution in [0.15, 0.2) is 41.0 Å². The smallest absolute Gasteiger partial charge is 0.132 e. The third kappa shape index (κ3) is 2.83. The van der Waals surface area contributed by atoms with E-state index in [0.717, 1.165) is 15.9 Å². The first-order valence-corrected chi connectivity index (χ1v) is 5.40. The molecule has 0 bridgehead atoms. The van der Waals surface area contributed by atoms with E-state index in [4.69, 9.17) is 4.74 Å². The summed E-state index contributed by atoms with van der Waals surface area (Å²) in [5, 5.41) is 4.23. The molecule has 2 aromatic rings. The fraction of sp³-hybridized carbons (Fsp3) is 0.182. The summed E-state index contributed by atoms with van der Waals surface area (Å²) in [5.74, 6) is 0.843. The number of aryl methyl sites for hydroxylation is 1. The van der Waals surface area contributed by atoms with E-state index in [1.165, 1.54) is 0 Å². The van der Waals surface area contributed by atoms with Gasteiger partial charge in [-0.15, -0.1) is 0 Å². The van der Waals surface area contributed by atoms with Gasteiger partial charge in [0.2, 0.25) is 0 Å². The van der Waals surface area contributed by atoms with Gasteiger partial charge >= 0.3 is 0 Å². The minimum atomic E-state index is 0.497. The Bertz CT molecular complexity index is 453. The summed E-state index contributed by atoms with van der Waals surface area (Å²) in [5.41, 5.74) is 0.928. The van der Waals surface area contributed by atoms with Gasteiger partial charge in [0.15, 0.2) is 0 Å². The maximum atomic E-state index is 5.58. The summed E-state index contributed by atoms with van der Waals surface area (Å²) in [6.07, 6.45) is 1.90. The zero-order chi connectivity index (χ0) is 10.7. The summed E-state index contributed by atoms with van der Waals surface area (Å²) in [7, 11) is 1.89. The Morgan fingerprint density at radius 2 is 2.27 bits per heavy atom. The molecule has 0 aliphatic rings. The lowest BCUT2D eigenvalue weighted by Gasteiger charge is -2.03. The molecule has 1 aromatic carbocycles. The Morgan fingerprint density at radius 1 is 1.40 bits per heavy atom. The summed E-state index contributed by atoms with van der Waals surface area (Å²) in [6, 6.07) is 9.71. The molecule has 4 heteroatoms. The summed E-state index contributed by atoms with van der Waals surface area (Å²) >= 11 is 3.39.